The van der Waals surface area contributed by atoms with Crippen molar-refractivity contribution in [3.63, 3.8) is 0 Å². The number of aryl methyl sites for hydroxylation is 1. The molecule has 1 saturated carbocycles. The highest BCUT2D eigenvalue weighted by Gasteiger charge is 2.44. The lowest BCUT2D eigenvalue weighted by Gasteiger charge is -2.33. The van der Waals surface area contributed by atoms with Crippen molar-refractivity contribution in [3.05, 3.63) is 30.3 Å². The lowest BCUT2D eigenvalue weighted by Crippen LogP contribution is -2.42. The first-order valence-electron chi connectivity index (χ1n) is 10.5. The molecule has 1 aromatic carbocycles. The van der Waals surface area contributed by atoms with Gasteiger partial charge in [-0.2, -0.15) is 4.80 Å². The van der Waals surface area contributed by atoms with Crippen LogP contribution in [-0.2, 0) is 11.3 Å². The number of aromatic nitrogens is 4. The largest absolute Gasteiger partial charge is 0.480 e. The number of rotatable bonds is 8. The maximum atomic E-state index is 11.7. The van der Waals surface area contributed by atoms with Gasteiger partial charge in [-0.1, -0.05) is 49.6 Å². The van der Waals surface area contributed by atoms with E-state index in [-0.39, 0.29) is 6.04 Å². The lowest BCUT2D eigenvalue weighted by molar-refractivity contribution is -0.142. The predicted molar refractivity (Wildman–Crippen MR) is 106 cm³/mol. The molecule has 7 nitrogen and oxygen atoms in total. The third kappa shape index (κ3) is 4.24. The van der Waals surface area contributed by atoms with Crippen LogP contribution in [-0.4, -0.2) is 54.8 Å². The Morgan fingerprint density at radius 1 is 1.07 bits per heavy atom. The number of hydrogen-bond donors (Lipinski definition) is 1. The maximum Gasteiger partial charge on any atom is 0.320 e. The molecule has 7 heteroatoms. The number of nitrogens with zero attached hydrogens (tertiary/aromatic N) is 5. The molecule has 150 valence electrons. The van der Waals surface area contributed by atoms with Gasteiger partial charge in [-0.15, -0.1) is 10.2 Å². The van der Waals surface area contributed by atoms with Crippen molar-refractivity contribution < 1.29 is 9.90 Å². The normalized spacial score (nSPS) is 24.9. The third-order valence-electron chi connectivity index (χ3n) is 6.27. The molecule has 3 atom stereocenters. The van der Waals surface area contributed by atoms with E-state index in [2.05, 4.69) is 20.3 Å². The molecule has 0 spiro atoms. The van der Waals surface area contributed by atoms with Gasteiger partial charge in [0.1, 0.15) is 6.04 Å². The fourth-order valence-corrected chi connectivity index (χ4v) is 4.88. The summed E-state index contributed by atoms with van der Waals surface area (Å²) < 4.78 is 0. The summed E-state index contributed by atoms with van der Waals surface area (Å²) in [6, 6.07) is 10.1. The number of unbranched alkanes of at least 4 members (excludes halogenated alkanes) is 2. The Morgan fingerprint density at radius 2 is 1.86 bits per heavy atom. The average molecular weight is 383 g/mol. The zero-order chi connectivity index (χ0) is 19.3. The summed E-state index contributed by atoms with van der Waals surface area (Å²) in [5.41, 5.74) is 0.976. The molecular formula is C21H29N5O2. The van der Waals surface area contributed by atoms with E-state index in [4.69, 9.17) is 0 Å². The van der Waals surface area contributed by atoms with Crippen LogP contribution in [0.3, 0.4) is 0 Å². The molecule has 2 aliphatic rings. The number of carbonyl (C=O) groups is 1. The highest BCUT2D eigenvalue weighted by molar-refractivity contribution is 5.74. The monoisotopic (exact) mass is 383 g/mol. The van der Waals surface area contributed by atoms with Gasteiger partial charge in [-0.3, -0.25) is 9.69 Å². The number of benzene rings is 1. The van der Waals surface area contributed by atoms with Gasteiger partial charge in [0.15, 0.2) is 0 Å². The van der Waals surface area contributed by atoms with Crippen molar-refractivity contribution in [3.8, 4) is 11.4 Å². The fraction of sp³-hybridized carbons (Fsp3) is 0.619. The Labute approximate surface area is 165 Å². The molecule has 1 N–H and O–H groups in total. The molecule has 1 aromatic heterocycles. The molecule has 28 heavy (non-hydrogen) atoms. The van der Waals surface area contributed by atoms with Crippen LogP contribution in [0.5, 0.6) is 0 Å². The van der Waals surface area contributed by atoms with Gasteiger partial charge >= 0.3 is 5.97 Å². The highest BCUT2D eigenvalue weighted by Crippen LogP contribution is 2.39. The number of carboxylic acid groups (broad SMARTS) is 1. The summed E-state index contributed by atoms with van der Waals surface area (Å²) in [6.45, 7) is 1.63. The molecular weight excluding hydrogens is 354 g/mol. The first kappa shape index (κ1) is 19.1. The molecule has 2 heterocycles. The Morgan fingerprint density at radius 3 is 2.68 bits per heavy atom. The zero-order valence-electron chi connectivity index (χ0n) is 16.3. The smallest absolute Gasteiger partial charge is 0.320 e. The Balaban J connectivity index is 1.23. The van der Waals surface area contributed by atoms with Crippen molar-refractivity contribution >= 4 is 5.97 Å². The standard InChI is InChI=1S/C21H29N5O2/c27-21(28)19-15-17-11-5-6-12-18(17)25(19)13-7-2-8-14-26-23-20(22-24-26)16-9-3-1-4-10-16/h1,3-4,9-10,17-19H,2,5-8,11-15H2,(H,27,28). The van der Waals surface area contributed by atoms with Crippen LogP contribution in [0, 0.1) is 5.92 Å². The second-order valence-corrected chi connectivity index (χ2v) is 8.08. The van der Waals surface area contributed by atoms with E-state index < -0.39 is 5.97 Å². The number of carboxylic acids is 1. The number of tetrazole rings is 1. The zero-order valence-corrected chi connectivity index (χ0v) is 16.3. The molecule has 0 radical (unpaired) electrons. The van der Waals surface area contributed by atoms with Crippen molar-refractivity contribution in [2.45, 2.75) is 70.0 Å². The third-order valence-corrected chi connectivity index (χ3v) is 6.27. The van der Waals surface area contributed by atoms with E-state index >= 15 is 0 Å². The molecule has 1 saturated heterocycles. The van der Waals surface area contributed by atoms with Crippen molar-refractivity contribution in [1.29, 1.82) is 0 Å². The van der Waals surface area contributed by atoms with Crippen molar-refractivity contribution in [1.82, 2.24) is 25.1 Å². The van der Waals surface area contributed by atoms with Gasteiger partial charge in [0.2, 0.25) is 5.82 Å². The highest BCUT2D eigenvalue weighted by atomic mass is 16.4. The Bertz CT molecular complexity index is 778. The summed E-state index contributed by atoms with van der Waals surface area (Å²) in [7, 11) is 0. The van der Waals surface area contributed by atoms with E-state index in [0.717, 1.165) is 44.3 Å². The van der Waals surface area contributed by atoms with Gasteiger partial charge in [0.25, 0.3) is 0 Å². The number of fused-ring (bicyclic) bond motifs is 1. The predicted octanol–water partition coefficient (Wildman–Crippen LogP) is 3.23. The summed E-state index contributed by atoms with van der Waals surface area (Å²) in [4.78, 5) is 15.6. The minimum atomic E-state index is -0.644. The first-order valence-corrected chi connectivity index (χ1v) is 10.5. The van der Waals surface area contributed by atoms with Gasteiger partial charge in [0, 0.05) is 11.6 Å². The first-order chi connectivity index (χ1) is 13.7. The van der Waals surface area contributed by atoms with E-state index in [1.807, 2.05) is 30.3 Å². The Kier molecular flexibility index (Phi) is 6.00. The Hall–Kier alpha value is -2.28. The average Bonchev–Trinajstić information content (AvgIpc) is 3.34. The number of hydrogen-bond acceptors (Lipinski definition) is 5. The molecule has 2 fully saturated rings. The second-order valence-electron chi connectivity index (χ2n) is 8.08. The molecule has 2 aromatic rings. The van der Waals surface area contributed by atoms with Crippen LogP contribution in [0.1, 0.15) is 51.4 Å². The summed E-state index contributed by atoms with van der Waals surface area (Å²) in [6.07, 6.45) is 8.75. The van der Waals surface area contributed by atoms with Crippen LogP contribution in [0.2, 0.25) is 0 Å². The minimum absolute atomic E-state index is 0.279. The van der Waals surface area contributed by atoms with Crippen LogP contribution < -0.4 is 0 Å². The number of likely N-dealkylation sites (tertiary alicyclic amines) is 1. The quantitative estimate of drug-likeness (QED) is 0.705. The van der Waals surface area contributed by atoms with E-state index in [1.54, 1.807) is 4.80 Å². The molecule has 4 rings (SSSR count). The van der Waals surface area contributed by atoms with Gasteiger partial charge < -0.3 is 5.11 Å². The molecule has 3 unspecified atom stereocenters. The van der Waals surface area contributed by atoms with E-state index in [1.165, 1.54) is 25.7 Å². The van der Waals surface area contributed by atoms with Crippen molar-refractivity contribution in [2.24, 2.45) is 5.92 Å². The van der Waals surface area contributed by atoms with Crippen LogP contribution in [0.4, 0.5) is 0 Å². The topological polar surface area (TPSA) is 84.1 Å². The second kappa shape index (κ2) is 8.82. The van der Waals surface area contributed by atoms with Crippen LogP contribution in [0.25, 0.3) is 11.4 Å². The van der Waals surface area contributed by atoms with Gasteiger partial charge in [0.05, 0.1) is 6.54 Å². The fourth-order valence-electron chi connectivity index (χ4n) is 4.88. The van der Waals surface area contributed by atoms with Crippen molar-refractivity contribution in [2.75, 3.05) is 6.54 Å². The lowest BCUT2D eigenvalue weighted by atomic mass is 9.85. The minimum Gasteiger partial charge on any atom is -0.480 e. The molecule has 0 amide bonds. The molecule has 1 aliphatic heterocycles. The summed E-state index contributed by atoms with van der Waals surface area (Å²) in [5, 5.41) is 22.3. The molecule has 0 bridgehead atoms. The SMILES string of the molecule is O=C(O)C1CC2CCCCC2N1CCCCCn1nnc(-c2ccccc2)n1. The van der Waals surface area contributed by atoms with E-state index in [0.29, 0.717) is 17.8 Å². The van der Waals surface area contributed by atoms with E-state index in [9.17, 15) is 9.90 Å². The molecule has 1 aliphatic carbocycles. The summed E-state index contributed by atoms with van der Waals surface area (Å²) in [5.74, 6) is 0.602. The summed E-state index contributed by atoms with van der Waals surface area (Å²) >= 11 is 0. The van der Waals surface area contributed by atoms with Crippen LogP contribution in [0.15, 0.2) is 30.3 Å². The van der Waals surface area contributed by atoms with Gasteiger partial charge in [-0.25, -0.2) is 0 Å². The van der Waals surface area contributed by atoms with Gasteiger partial charge in [-0.05, 0) is 49.8 Å². The number of aliphatic carboxylic acids is 1. The van der Waals surface area contributed by atoms with Crippen LogP contribution >= 0.6 is 0 Å². The maximum absolute atomic E-state index is 11.7.